The average molecular weight is 720 g/mol. The Morgan fingerprint density at radius 2 is 1.60 bits per heavy atom. The number of rotatable bonds is 12. The number of para-hydroxylation sites is 1. The number of aromatic nitrogens is 7. The Bertz CT molecular complexity index is 2370. The van der Waals surface area contributed by atoms with E-state index in [9.17, 15) is 14.4 Å². The molecule has 0 saturated carbocycles. The van der Waals surface area contributed by atoms with Crippen molar-refractivity contribution < 1.29 is 23.5 Å². The van der Waals surface area contributed by atoms with E-state index in [-0.39, 0.29) is 11.7 Å². The highest BCUT2D eigenvalue weighted by atomic mass is 16.5. The highest BCUT2D eigenvalue weighted by Crippen LogP contribution is 2.27. The maximum absolute atomic E-state index is 13.5. The molecule has 0 aliphatic carbocycles. The van der Waals surface area contributed by atoms with Crippen LogP contribution in [0.25, 0.3) is 22.1 Å². The molecule has 5 heterocycles. The molecule has 16 nitrogen and oxygen atoms in total. The summed E-state index contributed by atoms with van der Waals surface area (Å²) in [5.74, 6) is -0.201. The molecule has 0 radical (unpaired) electrons. The van der Waals surface area contributed by atoms with Crippen LogP contribution in [0.1, 0.15) is 61.2 Å². The molecule has 3 amide bonds. The minimum absolute atomic E-state index is 0.128. The van der Waals surface area contributed by atoms with Crippen LogP contribution in [-0.2, 0) is 30.9 Å². The monoisotopic (exact) mass is 719 g/mol. The molecular formula is C37H41N11O5. The van der Waals surface area contributed by atoms with Gasteiger partial charge in [0.25, 0.3) is 11.8 Å². The number of nitrogens with one attached hydrogen (secondary N) is 2. The summed E-state index contributed by atoms with van der Waals surface area (Å²) in [6.45, 7) is 12.0. The van der Waals surface area contributed by atoms with E-state index < -0.39 is 11.8 Å². The van der Waals surface area contributed by atoms with Gasteiger partial charge >= 0.3 is 0 Å². The van der Waals surface area contributed by atoms with Gasteiger partial charge in [-0.3, -0.25) is 34.6 Å². The number of hydrogen-bond acceptors (Lipinski definition) is 10. The largest absolute Gasteiger partial charge is 0.436 e. The third kappa shape index (κ3) is 7.31. The van der Waals surface area contributed by atoms with Crippen molar-refractivity contribution in [2.45, 2.75) is 53.9 Å². The molecule has 53 heavy (non-hydrogen) atoms. The minimum Gasteiger partial charge on any atom is -0.436 e. The standard InChI is InChI=1S/C37H41N11O5/c1-5-48-30(19-22(2)44-48)34(50)42-36-41-28-20-25(33(38)49)11-12-29(28)46(36)13-6-7-14-47-31-26(21-45-15-17-52-18-16-45)9-8-10-27(31)40-37(47)43-35(51)32-23(3)39-24(4)53-32/h6-12,19-20H,5,13-18,21H2,1-4H3,(H2,38,49)(H,40,43,51)(H,41,42,50)/b7-6+. The summed E-state index contributed by atoms with van der Waals surface area (Å²) in [6, 6.07) is 12.7. The number of aryl methyl sites for hydroxylation is 4. The topological polar surface area (TPSA) is 193 Å². The molecule has 0 atom stereocenters. The van der Waals surface area contributed by atoms with E-state index in [1.807, 2.05) is 47.3 Å². The molecule has 1 fully saturated rings. The summed E-state index contributed by atoms with van der Waals surface area (Å²) in [5.41, 5.74) is 11.4. The molecule has 4 N–H and O–H groups in total. The van der Waals surface area contributed by atoms with Gasteiger partial charge in [0.15, 0.2) is 5.89 Å². The second kappa shape index (κ2) is 14.8. The van der Waals surface area contributed by atoms with Gasteiger partial charge in [-0.1, -0.05) is 24.3 Å². The normalized spacial score (nSPS) is 13.7. The van der Waals surface area contributed by atoms with Crippen molar-refractivity contribution in [3.05, 3.63) is 94.5 Å². The number of imidazole rings is 2. The Labute approximate surface area is 304 Å². The second-order valence-corrected chi connectivity index (χ2v) is 12.8. The summed E-state index contributed by atoms with van der Waals surface area (Å²) in [5, 5.41) is 10.3. The number of carbonyl (C=O) groups is 3. The Morgan fingerprint density at radius 3 is 2.32 bits per heavy atom. The average Bonchev–Trinajstić information content (AvgIpc) is 3.89. The van der Waals surface area contributed by atoms with Crippen LogP contribution in [0.5, 0.6) is 0 Å². The molecule has 0 unspecified atom stereocenters. The van der Waals surface area contributed by atoms with Gasteiger partial charge in [0.1, 0.15) is 5.69 Å². The van der Waals surface area contributed by atoms with Gasteiger partial charge in [-0.05, 0) is 56.7 Å². The zero-order valence-corrected chi connectivity index (χ0v) is 30.0. The predicted molar refractivity (Wildman–Crippen MR) is 198 cm³/mol. The van der Waals surface area contributed by atoms with Crippen LogP contribution in [0.15, 0.2) is 59.0 Å². The number of amides is 3. The lowest BCUT2D eigenvalue weighted by molar-refractivity contribution is 0.0343. The number of carbonyl (C=O) groups excluding carboxylic acids is 3. The number of allylic oxidation sites excluding steroid dienone is 2. The van der Waals surface area contributed by atoms with E-state index in [2.05, 4.69) is 36.7 Å². The van der Waals surface area contributed by atoms with Crippen LogP contribution in [0.4, 0.5) is 11.9 Å². The first-order valence-corrected chi connectivity index (χ1v) is 17.4. The number of ether oxygens (including phenoxy) is 1. The second-order valence-electron chi connectivity index (χ2n) is 12.8. The molecule has 1 aliphatic rings. The van der Waals surface area contributed by atoms with Crippen LogP contribution in [0.3, 0.4) is 0 Å². The van der Waals surface area contributed by atoms with E-state index in [1.54, 1.807) is 42.8 Å². The number of nitrogens with two attached hydrogens (primary N) is 1. The number of oxazole rings is 1. The molecule has 4 aromatic heterocycles. The predicted octanol–water partition coefficient (Wildman–Crippen LogP) is 4.21. The summed E-state index contributed by atoms with van der Waals surface area (Å²) in [6.07, 6.45) is 3.92. The number of nitrogens with zero attached hydrogens (tertiary/aromatic N) is 8. The summed E-state index contributed by atoms with van der Waals surface area (Å²) < 4.78 is 16.6. The number of benzene rings is 2. The molecule has 16 heteroatoms. The van der Waals surface area contributed by atoms with Gasteiger partial charge in [-0.15, -0.1) is 0 Å². The fraction of sp³-hybridized carbons (Fsp3) is 0.324. The van der Waals surface area contributed by atoms with Gasteiger partial charge in [0, 0.05) is 51.8 Å². The number of anilines is 2. The lowest BCUT2D eigenvalue weighted by Gasteiger charge is -2.27. The lowest BCUT2D eigenvalue weighted by Crippen LogP contribution is -2.35. The first-order chi connectivity index (χ1) is 25.6. The van der Waals surface area contributed by atoms with Crippen molar-refractivity contribution in [1.82, 2.24) is 38.8 Å². The van der Waals surface area contributed by atoms with Crippen LogP contribution in [-0.4, -0.2) is 82.8 Å². The van der Waals surface area contributed by atoms with E-state index in [0.717, 1.165) is 35.4 Å². The smallest absolute Gasteiger partial charge is 0.295 e. The fourth-order valence-corrected chi connectivity index (χ4v) is 6.62. The molecule has 2 aromatic carbocycles. The third-order valence-corrected chi connectivity index (χ3v) is 9.12. The van der Waals surface area contributed by atoms with Crippen molar-refractivity contribution in [3.8, 4) is 0 Å². The molecule has 0 spiro atoms. The Kier molecular flexibility index (Phi) is 9.88. The lowest BCUT2D eigenvalue weighted by atomic mass is 10.1. The maximum atomic E-state index is 13.5. The van der Waals surface area contributed by atoms with Crippen LogP contribution < -0.4 is 16.4 Å². The number of morpholine rings is 1. The van der Waals surface area contributed by atoms with E-state index in [0.29, 0.717) is 85.2 Å². The van der Waals surface area contributed by atoms with Crippen LogP contribution in [0.2, 0.25) is 0 Å². The third-order valence-electron chi connectivity index (χ3n) is 9.12. The molecule has 7 rings (SSSR count). The van der Waals surface area contributed by atoms with E-state index in [4.69, 9.17) is 19.9 Å². The van der Waals surface area contributed by atoms with Crippen LogP contribution in [0, 0.1) is 20.8 Å². The molecule has 1 aliphatic heterocycles. The first-order valence-electron chi connectivity index (χ1n) is 17.4. The number of fused-ring (bicyclic) bond motifs is 2. The molecule has 0 bridgehead atoms. The summed E-state index contributed by atoms with van der Waals surface area (Å²) >= 11 is 0. The number of hydrogen-bond donors (Lipinski definition) is 3. The quantitative estimate of drug-likeness (QED) is 0.154. The van der Waals surface area contributed by atoms with Crippen molar-refractivity contribution in [2.24, 2.45) is 5.73 Å². The van der Waals surface area contributed by atoms with E-state index in [1.165, 1.54) is 0 Å². The van der Waals surface area contributed by atoms with Gasteiger partial charge in [0.05, 0.1) is 46.7 Å². The van der Waals surface area contributed by atoms with Gasteiger partial charge in [-0.2, -0.15) is 5.10 Å². The van der Waals surface area contributed by atoms with Gasteiger partial charge in [-0.25, -0.2) is 15.0 Å². The van der Waals surface area contributed by atoms with Gasteiger partial charge in [0.2, 0.25) is 23.6 Å². The van der Waals surface area contributed by atoms with Crippen molar-refractivity contribution in [3.63, 3.8) is 0 Å². The number of primary amides is 1. The van der Waals surface area contributed by atoms with Crippen molar-refractivity contribution >= 4 is 51.7 Å². The fourth-order valence-electron chi connectivity index (χ4n) is 6.62. The Hall–Kier alpha value is -6.13. The molecular weight excluding hydrogens is 678 g/mol. The van der Waals surface area contributed by atoms with Crippen molar-refractivity contribution in [2.75, 3.05) is 36.9 Å². The zero-order chi connectivity index (χ0) is 37.2. The minimum atomic E-state index is -0.577. The summed E-state index contributed by atoms with van der Waals surface area (Å²) in [4.78, 5) is 54.9. The first kappa shape index (κ1) is 35.3. The molecule has 6 aromatic rings. The van der Waals surface area contributed by atoms with Crippen molar-refractivity contribution in [1.29, 1.82) is 0 Å². The summed E-state index contributed by atoms with van der Waals surface area (Å²) in [7, 11) is 0. The van der Waals surface area contributed by atoms with E-state index >= 15 is 0 Å². The maximum Gasteiger partial charge on any atom is 0.295 e. The highest BCUT2D eigenvalue weighted by molar-refractivity contribution is 6.04. The highest BCUT2D eigenvalue weighted by Gasteiger charge is 2.23. The van der Waals surface area contributed by atoms with Crippen LogP contribution >= 0.6 is 0 Å². The SMILES string of the molecule is CCn1nc(C)cc1C(=O)Nc1nc2cc(C(N)=O)ccc2n1C/C=C/Cn1c(NC(=O)c2oc(C)nc2C)nc2cccc(CN3CCOCC3)c21. The Balaban J connectivity index is 1.21. The zero-order valence-electron chi connectivity index (χ0n) is 30.0. The Morgan fingerprint density at radius 1 is 0.887 bits per heavy atom. The van der Waals surface area contributed by atoms with Gasteiger partial charge < -0.3 is 24.0 Å². The molecule has 274 valence electrons. The molecule has 1 saturated heterocycles.